The van der Waals surface area contributed by atoms with E-state index in [4.69, 9.17) is 4.98 Å². The number of rotatable bonds is 5. The van der Waals surface area contributed by atoms with Gasteiger partial charge in [0.25, 0.3) is 0 Å². The summed E-state index contributed by atoms with van der Waals surface area (Å²) in [5.74, 6) is 2.32. The Labute approximate surface area is 159 Å². The third-order valence-corrected chi connectivity index (χ3v) is 4.92. The van der Waals surface area contributed by atoms with Crippen molar-refractivity contribution in [3.8, 4) is 11.3 Å². The Balaban J connectivity index is 1.65. The molecular formula is C20H25N7. The molecule has 1 fully saturated rings. The normalized spacial score (nSPS) is 17.0. The second-order valence-electron chi connectivity index (χ2n) is 7.17. The molecular weight excluding hydrogens is 338 g/mol. The van der Waals surface area contributed by atoms with Crippen LogP contribution >= 0.6 is 0 Å². The number of anilines is 2. The molecule has 0 saturated carbocycles. The van der Waals surface area contributed by atoms with Crippen LogP contribution in [0.5, 0.6) is 0 Å². The van der Waals surface area contributed by atoms with Crippen molar-refractivity contribution >= 4 is 22.7 Å². The van der Waals surface area contributed by atoms with Crippen molar-refractivity contribution in [2.45, 2.75) is 12.8 Å². The van der Waals surface area contributed by atoms with Crippen LogP contribution in [0.4, 0.5) is 11.6 Å². The van der Waals surface area contributed by atoms with Gasteiger partial charge in [-0.3, -0.25) is 4.98 Å². The van der Waals surface area contributed by atoms with Gasteiger partial charge in [0.2, 0.25) is 0 Å². The summed E-state index contributed by atoms with van der Waals surface area (Å²) in [6.07, 6.45) is 7.75. The number of nitrogens with one attached hydrogen (secondary N) is 2. The van der Waals surface area contributed by atoms with Crippen LogP contribution < -0.4 is 15.5 Å². The first kappa shape index (κ1) is 17.6. The monoisotopic (exact) mass is 363 g/mol. The fourth-order valence-electron chi connectivity index (χ4n) is 3.38. The highest BCUT2D eigenvalue weighted by Gasteiger charge is 2.15. The van der Waals surface area contributed by atoms with Gasteiger partial charge in [0.15, 0.2) is 5.82 Å². The summed E-state index contributed by atoms with van der Waals surface area (Å²) >= 11 is 0. The lowest BCUT2D eigenvalue weighted by molar-refractivity contribution is 0.392. The van der Waals surface area contributed by atoms with Crippen LogP contribution in [-0.4, -0.2) is 53.7 Å². The van der Waals surface area contributed by atoms with Gasteiger partial charge in [-0.05, 0) is 50.0 Å². The topological polar surface area (TPSA) is 78.9 Å². The predicted octanol–water partition coefficient (Wildman–Crippen LogP) is 2.56. The molecule has 1 aliphatic heterocycles. The van der Waals surface area contributed by atoms with E-state index in [1.807, 2.05) is 43.4 Å². The van der Waals surface area contributed by atoms with Crippen molar-refractivity contribution in [3.05, 3.63) is 36.8 Å². The predicted molar refractivity (Wildman–Crippen MR) is 109 cm³/mol. The third kappa shape index (κ3) is 3.98. The molecule has 140 valence electrons. The zero-order valence-corrected chi connectivity index (χ0v) is 15.8. The van der Waals surface area contributed by atoms with E-state index in [9.17, 15) is 0 Å². The van der Waals surface area contributed by atoms with E-state index in [0.717, 1.165) is 53.6 Å². The minimum atomic E-state index is 0.608. The summed E-state index contributed by atoms with van der Waals surface area (Å²) in [6.45, 7) is 3.05. The maximum atomic E-state index is 4.84. The van der Waals surface area contributed by atoms with Gasteiger partial charge in [-0.1, -0.05) is 0 Å². The maximum absolute atomic E-state index is 4.84. The molecule has 0 spiro atoms. The Bertz CT molecular complexity index is 902. The molecule has 1 atom stereocenters. The van der Waals surface area contributed by atoms with E-state index in [1.165, 1.54) is 12.8 Å². The molecule has 4 rings (SSSR count). The van der Waals surface area contributed by atoms with E-state index >= 15 is 0 Å². The summed E-state index contributed by atoms with van der Waals surface area (Å²) in [5.41, 5.74) is 3.46. The fraction of sp³-hybridized carbons (Fsp3) is 0.400. The molecule has 7 heteroatoms. The van der Waals surface area contributed by atoms with E-state index in [1.54, 1.807) is 12.4 Å². The molecule has 3 aromatic heterocycles. The van der Waals surface area contributed by atoms with Crippen LogP contribution in [0.25, 0.3) is 22.3 Å². The molecule has 3 aromatic rings. The van der Waals surface area contributed by atoms with Gasteiger partial charge >= 0.3 is 0 Å². The van der Waals surface area contributed by atoms with Crippen molar-refractivity contribution in [2.75, 3.05) is 43.9 Å². The number of fused-ring (bicyclic) bond motifs is 1. The molecule has 1 aliphatic rings. The molecule has 0 radical (unpaired) electrons. The highest BCUT2D eigenvalue weighted by Crippen LogP contribution is 2.26. The van der Waals surface area contributed by atoms with Gasteiger partial charge in [0.05, 0.1) is 11.2 Å². The average molecular weight is 363 g/mol. The van der Waals surface area contributed by atoms with Gasteiger partial charge < -0.3 is 15.5 Å². The smallest absolute Gasteiger partial charge is 0.154 e. The summed E-state index contributed by atoms with van der Waals surface area (Å²) < 4.78 is 0. The van der Waals surface area contributed by atoms with Crippen LogP contribution in [0.1, 0.15) is 12.8 Å². The number of hydrogen-bond donors (Lipinski definition) is 2. The van der Waals surface area contributed by atoms with E-state index in [0.29, 0.717) is 5.92 Å². The van der Waals surface area contributed by atoms with Crippen LogP contribution in [0.15, 0.2) is 36.8 Å². The molecule has 2 N–H and O–H groups in total. The number of piperidine rings is 1. The minimum Gasteiger partial charge on any atom is -0.368 e. The van der Waals surface area contributed by atoms with Gasteiger partial charge in [-0.2, -0.15) is 0 Å². The van der Waals surface area contributed by atoms with Gasteiger partial charge in [-0.25, -0.2) is 15.0 Å². The first-order valence-corrected chi connectivity index (χ1v) is 9.41. The zero-order valence-electron chi connectivity index (χ0n) is 15.8. The quantitative estimate of drug-likeness (QED) is 0.721. The second kappa shape index (κ2) is 7.84. The lowest BCUT2D eigenvalue weighted by Crippen LogP contribution is -2.33. The SMILES string of the molecule is CN(C)c1ccc(-c2cc3nccnc3c(NC[C@@H]3CCCNC3)n2)cn1. The molecule has 0 unspecified atom stereocenters. The van der Waals surface area contributed by atoms with Crippen LogP contribution in [0, 0.1) is 5.92 Å². The number of pyridine rings is 2. The van der Waals surface area contributed by atoms with Gasteiger partial charge in [0.1, 0.15) is 11.3 Å². The average Bonchev–Trinajstić information content (AvgIpc) is 2.72. The molecule has 0 amide bonds. The number of hydrogen-bond acceptors (Lipinski definition) is 7. The molecule has 27 heavy (non-hydrogen) atoms. The summed E-state index contributed by atoms with van der Waals surface area (Å²) in [4.78, 5) is 20.3. The lowest BCUT2D eigenvalue weighted by atomic mass is 10.00. The Hall–Kier alpha value is -2.80. The maximum Gasteiger partial charge on any atom is 0.154 e. The molecule has 0 aromatic carbocycles. The molecule has 7 nitrogen and oxygen atoms in total. The minimum absolute atomic E-state index is 0.608. The van der Waals surface area contributed by atoms with E-state index in [-0.39, 0.29) is 0 Å². The summed E-state index contributed by atoms with van der Waals surface area (Å²) in [6, 6.07) is 6.02. The lowest BCUT2D eigenvalue weighted by Gasteiger charge is -2.23. The van der Waals surface area contributed by atoms with Gasteiger partial charge in [-0.15, -0.1) is 0 Å². The first-order valence-electron chi connectivity index (χ1n) is 9.41. The Morgan fingerprint density at radius 3 is 2.81 bits per heavy atom. The molecule has 0 bridgehead atoms. The first-order chi connectivity index (χ1) is 13.2. The summed E-state index contributed by atoms with van der Waals surface area (Å²) in [5, 5.41) is 6.97. The van der Waals surface area contributed by atoms with Crippen molar-refractivity contribution in [3.63, 3.8) is 0 Å². The molecule has 0 aliphatic carbocycles. The second-order valence-corrected chi connectivity index (χ2v) is 7.17. The highest BCUT2D eigenvalue weighted by molar-refractivity contribution is 5.88. The van der Waals surface area contributed by atoms with Crippen LogP contribution in [0.2, 0.25) is 0 Å². The number of nitrogens with zero attached hydrogens (tertiary/aromatic N) is 5. The highest BCUT2D eigenvalue weighted by atomic mass is 15.1. The van der Waals surface area contributed by atoms with Crippen LogP contribution in [-0.2, 0) is 0 Å². The zero-order chi connectivity index (χ0) is 18.6. The number of aromatic nitrogens is 4. The summed E-state index contributed by atoms with van der Waals surface area (Å²) in [7, 11) is 3.96. The van der Waals surface area contributed by atoms with Gasteiger partial charge in [0, 0.05) is 44.8 Å². The standard InChI is InChI=1S/C20H25N7/c1-27(2)18-6-5-15(13-24-18)16-10-17-19(23-9-8-22-17)20(26-16)25-12-14-4-3-7-21-11-14/h5-6,8-10,13-14,21H,3-4,7,11-12H2,1-2H3,(H,25,26)/t14-/m1/s1. The van der Waals surface area contributed by atoms with E-state index in [2.05, 4.69) is 25.6 Å². The molecule has 1 saturated heterocycles. The van der Waals surface area contributed by atoms with Crippen molar-refractivity contribution in [1.82, 2.24) is 25.3 Å². The Kier molecular flexibility index (Phi) is 5.11. The molecule has 4 heterocycles. The Morgan fingerprint density at radius 1 is 1.19 bits per heavy atom. The van der Waals surface area contributed by atoms with Crippen molar-refractivity contribution < 1.29 is 0 Å². The Morgan fingerprint density at radius 2 is 2.07 bits per heavy atom. The third-order valence-electron chi connectivity index (χ3n) is 4.92. The van der Waals surface area contributed by atoms with E-state index < -0.39 is 0 Å². The largest absolute Gasteiger partial charge is 0.368 e. The van der Waals surface area contributed by atoms with Crippen molar-refractivity contribution in [2.24, 2.45) is 5.92 Å². The van der Waals surface area contributed by atoms with Crippen molar-refractivity contribution in [1.29, 1.82) is 0 Å². The fourth-order valence-corrected chi connectivity index (χ4v) is 3.38. The van der Waals surface area contributed by atoms with Crippen LogP contribution in [0.3, 0.4) is 0 Å².